The average Bonchev–Trinajstić information content (AvgIpc) is 2.84. The maximum atomic E-state index is 13.4. The molecule has 0 saturated carbocycles. The highest BCUT2D eigenvalue weighted by molar-refractivity contribution is 5.70. The van der Waals surface area contributed by atoms with Gasteiger partial charge in [0.15, 0.2) is 17.5 Å². The molecule has 0 aliphatic heterocycles. The fraction of sp³-hybridized carbons (Fsp3) is 0.222. The highest BCUT2D eigenvalue weighted by atomic mass is 19.1. The Kier molecular flexibility index (Phi) is 7.42. The summed E-state index contributed by atoms with van der Waals surface area (Å²) in [4.78, 5) is 13.5. The van der Waals surface area contributed by atoms with E-state index in [0.29, 0.717) is 40.7 Å². The summed E-state index contributed by atoms with van der Waals surface area (Å²) in [6, 6.07) is 16.5. The second kappa shape index (κ2) is 10.8. The smallest absolute Gasteiger partial charge is 0.167 e. The minimum Gasteiger partial charge on any atom is -0.507 e. The van der Waals surface area contributed by atoms with Gasteiger partial charge in [-0.2, -0.15) is 0 Å². The number of unbranched alkanes of at least 4 members (excludes halogenated alkanes) is 3. The average molecular weight is 462 g/mol. The number of nitrogens with zero attached hydrogens (tertiary/aromatic N) is 3. The third-order valence-electron chi connectivity index (χ3n) is 5.32. The molecule has 0 fully saturated rings. The van der Waals surface area contributed by atoms with Gasteiger partial charge in [-0.3, -0.25) is 0 Å². The summed E-state index contributed by atoms with van der Waals surface area (Å²) in [6.07, 6.45) is 4.37. The van der Waals surface area contributed by atoms with E-state index in [4.69, 9.17) is 4.74 Å². The van der Waals surface area contributed by atoms with Gasteiger partial charge in [-0.25, -0.2) is 23.7 Å². The van der Waals surface area contributed by atoms with E-state index in [0.717, 1.165) is 19.3 Å². The van der Waals surface area contributed by atoms with E-state index in [1.54, 1.807) is 36.4 Å². The fourth-order valence-corrected chi connectivity index (χ4v) is 3.46. The van der Waals surface area contributed by atoms with Gasteiger partial charge in [-0.15, -0.1) is 0 Å². The van der Waals surface area contributed by atoms with Crippen LogP contribution in [0.25, 0.3) is 34.2 Å². The lowest BCUT2D eigenvalue weighted by atomic mass is 10.1. The number of hydrogen-bond donors (Lipinski definition) is 1. The van der Waals surface area contributed by atoms with Crippen molar-refractivity contribution in [1.29, 1.82) is 0 Å². The molecule has 1 heterocycles. The third kappa shape index (κ3) is 5.73. The van der Waals surface area contributed by atoms with Crippen LogP contribution in [0.3, 0.4) is 0 Å². The van der Waals surface area contributed by atoms with Gasteiger partial charge in [0.25, 0.3) is 0 Å². The standard InChI is InChI=1S/C27H25F2N3O2/c1-2-3-4-5-16-34-22-14-15-23(24(33)17-22)27-31-25(18-6-10-20(28)11-7-18)30-26(32-27)19-8-12-21(29)13-9-19/h6-15,17,33H,2-5,16H2,1H3. The Morgan fingerprint density at radius 2 is 1.26 bits per heavy atom. The van der Waals surface area contributed by atoms with Gasteiger partial charge in [0.1, 0.15) is 23.1 Å². The Bertz CT molecular complexity index is 1180. The molecule has 0 saturated heterocycles. The zero-order valence-corrected chi connectivity index (χ0v) is 18.8. The molecule has 0 aliphatic carbocycles. The third-order valence-corrected chi connectivity index (χ3v) is 5.32. The van der Waals surface area contributed by atoms with Crippen molar-refractivity contribution in [3.05, 3.63) is 78.4 Å². The van der Waals surface area contributed by atoms with E-state index in [1.165, 1.54) is 36.8 Å². The zero-order valence-electron chi connectivity index (χ0n) is 18.8. The highest BCUT2D eigenvalue weighted by Crippen LogP contribution is 2.33. The number of ether oxygens (including phenoxy) is 1. The van der Waals surface area contributed by atoms with Crippen molar-refractivity contribution in [3.8, 4) is 45.7 Å². The molecule has 1 aromatic heterocycles. The molecule has 7 heteroatoms. The van der Waals surface area contributed by atoms with Crippen molar-refractivity contribution in [1.82, 2.24) is 15.0 Å². The highest BCUT2D eigenvalue weighted by Gasteiger charge is 2.15. The number of hydrogen-bond acceptors (Lipinski definition) is 5. The van der Waals surface area contributed by atoms with E-state index < -0.39 is 0 Å². The van der Waals surface area contributed by atoms with Crippen molar-refractivity contribution in [3.63, 3.8) is 0 Å². The van der Waals surface area contributed by atoms with E-state index in [1.807, 2.05) is 0 Å². The van der Waals surface area contributed by atoms with E-state index in [-0.39, 0.29) is 23.2 Å². The normalized spacial score (nSPS) is 10.9. The predicted octanol–water partition coefficient (Wildman–Crippen LogP) is 6.82. The molecule has 0 spiro atoms. The van der Waals surface area contributed by atoms with E-state index >= 15 is 0 Å². The molecule has 0 amide bonds. The Labute approximate surface area is 197 Å². The largest absolute Gasteiger partial charge is 0.507 e. The quantitative estimate of drug-likeness (QED) is 0.277. The van der Waals surface area contributed by atoms with Crippen LogP contribution in [0.15, 0.2) is 66.7 Å². The summed E-state index contributed by atoms with van der Waals surface area (Å²) in [5.74, 6) is 0.622. The van der Waals surface area contributed by atoms with Crippen molar-refractivity contribution in [2.24, 2.45) is 0 Å². The summed E-state index contributed by atoms with van der Waals surface area (Å²) in [6.45, 7) is 2.73. The fourth-order valence-electron chi connectivity index (χ4n) is 3.46. The number of phenols is 1. The van der Waals surface area contributed by atoms with Crippen LogP contribution in [0.5, 0.6) is 11.5 Å². The first-order chi connectivity index (χ1) is 16.5. The number of rotatable bonds is 9. The minimum absolute atomic E-state index is 0.0348. The van der Waals surface area contributed by atoms with E-state index in [2.05, 4.69) is 21.9 Å². The zero-order chi connectivity index (χ0) is 23.9. The molecule has 0 unspecified atom stereocenters. The lowest BCUT2D eigenvalue weighted by Crippen LogP contribution is -2.01. The molecular formula is C27H25F2N3O2. The molecule has 0 atom stereocenters. The van der Waals surface area contributed by atoms with Crippen LogP contribution in [-0.2, 0) is 0 Å². The van der Waals surface area contributed by atoms with Gasteiger partial charge in [-0.1, -0.05) is 26.2 Å². The van der Waals surface area contributed by atoms with E-state index in [9.17, 15) is 13.9 Å². The number of benzene rings is 3. The Morgan fingerprint density at radius 1 is 0.706 bits per heavy atom. The topological polar surface area (TPSA) is 68.1 Å². The molecule has 4 aromatic rings. The number of aromatic hydroxyl groups is 1. The maximum absolute atomic E-state index is 13.4. The molecule has 1 N–H and O–H groups in total. The van der Waals surface area contributed by atoms with Crippen molar-refractivity contribution >= 4 is 0 Å². The Balaban J connectivity index is 1.69. The number of phenolic OH excluding ortho intramolecular Hbond substituents is 1. The summed E-state index contributed by atoms with van der Waals surface area (Å²) in [5.41, 5.74) is 1.56. The van der Waals surface area contributed by atoms with Crippen molar-refractivity contribution < 1.29 is 18.6 Å². The van der Waals surface area contributed by atoms with Crippen molar-refractivity contribution in [2.45, 2.75) is 32.6 Å². The SMILES string of the molecule is CCCCCCOc1ccc(-c2nc(-c3ccc(F)cc3)nc(-c3ccc(F)cc3)n2)c(O)c1. The summed E-state index contributed by atoms with van der Waals surface area (Å²) in [7, 11) is 0. The Hall–Kier alpha value is -3.87. The molecular weight excluding hydrogens is 436 g/mol. The molecule has 3 aromatic carbocycles. The lowest BCUT2D eigenvalue weighted by Gasteiger charge is -2.11. The molecule has 0 radical (unpaired) electrons. The van der Waals surface area contributed by atoms with Crippen LogP contribution >= 0.6 is 0 Å². The van der Waals surface area contributed by atoms with Crippen LogP contribution < -0.4 is 4.74 Å². The van der Waals surface area contributed by atoms with Gasteiger partial charge >= 0.3 is 0 Å². The first kappa shape index (κ1) is 23.3. The van der Waals surface area contributed by atoms with Gasteiger partial charge in [-0.05, 0) is 67.1 Å². The molecule has 4 rings (SSSR count). The van der Waals surface area contributed by atoms with Crippen molar-refractivity contribution in [2.75, 3.05) is 6.61 Å². The lowest BCUT2D eigenvalue weighted by molar-refractivity contribution is 0.303. The summed E-state index contributed by atoms with van der Waals surface area (Å²) in [5, 5.41) is 10.7. The maximum Gasteiger partial charge on any atom is 0.167 e. The number of aromatic nitrogens is 3. The second-order valence-electron chi connectivity index (χ2n) is 7.91. The monoisotopic (exact) mass is 461 g/mol. The predicted molar refractivity (Wildman–Crippen MR) is 127 cm³/mol. The summed E-state index contributed by atoms with van der Waals surface area (Å²) >= 11 is 0. The first-order valence-corrected chi connectivity index (χ1v) is 11.3. The van der Waals surface area contributed by atoms with Crippen LogP contribution in [0, 0.1) is 11.6 Å². The molecule has 174 valence electrons. The van der Waals surface area contributed by atoms with Gasteiger partial charge in [0, 0.05) is 17.2 Å². The second-order valence-corrected chi connectivity index (χ2v) is 7.91. The van der Waals surface area contributed by atoms with Crippen LogP contribution in [-0.4, -0.2) is 26.7 Å². The van der Waals surface area contributed by atoms with Gasteiger partial charge in [0.2, 0.25) is 0 Å². The minimum atomic E-state index is -0.375. The van der Waals surface area contributed by atoms with Gasteiger partial charge in [0.05, 0.1) is 12.2 Å². The number of halogens is 2. The Morgan fingerprint density at radius 3 is 1.79 bits per heavy atom. The van der Waals surface area contributed by atoms with Crippen LogP contribution in [0.4, 0.5) is 8.78 Å². The van der Waals surface area contributed by atoms with Gasteiger partial charge < -0.3 is 9.84 Å². The molecule has 5 nitrogen and oxygen atoms in total. The molecule has 0 aliphatic rings. The van der Waals surface area contributed by atoms with Crippen LogP contribution in [0.2, 0.25) is 0 Å². The summed E-state index contributed by atoms with van der Waals surface area (Å²) < 4.78 is 32.6. The molecule has 34 heavy (non-hydrogen) atoms. The first-order valence-electron chi connectivity index (χ1n) is 11.3. The van der Waals surface area contributed by atoms with Crippen LogP contribution in [0.1, 0.15) is 32.6 Å². The molecule has 0 bridgehead atoms.